The smallest absolute Gasteiger partial charge is 0.0685 e. The summed E-state index contributed by atoms with van der Waals surface area (Å²) in [5, 5.41) is 4.95. The van der Waals surface area contributed by atoms with Crippen molar-refractivity contribution in [1.29, 1.82) is 0 Å². The predicted octanol–water partition coefficient (Wildman–Crippen LogP) is 5.45. The first-order valence-electron chi connectivity index (χ1n) is 6.36. The summed E-state index contributed by atoms with van der Waals surface area (Å²) in [5.41, 5.74) is 1.08. The van der Waals surface area contributed by atoms with Gasteiger partial charge >= 0.3 is 0 Å². The van der Waals surface area contributed by atoms with Crippen LogP contribution in [0.5, 0.6) is 0 Å². The van der Waals surface area contributed by atoms with Gasteiger partial charge in [-0.1, -0.05) is 36.2 Å². The van der Waals surface area contributed by atoms with Crippen molar-refractivity contribution in [3.63, 3.8) is 0 Å². The molecule has 2 aromatic rings. The fourth-order valence-corrected chi connectivity index (χ4v) is 3.49. The Hall–Kier alpha value is -0.540. The van der Waals surface area contributed by atoms with E-state index in [0.29, 0.717) is 10.0 Å². The van der Waals surface area contributed by atoms with E-state index in [4.69, 9.17) is 23.2 Å². The molecule has 1 atom stereocenters. The third kappa shape index (κ3) is 3.73. The SMILES string of the molecule is CCCNC(c1ccc(C)s1)c1ccc(Cl)cc1Cl. The second-order valence-electron chi connectivity index (χ2n) is 4.50. The van der Waals surface area contributed by atoms with Crippen molar-refractivity contribution in [1.82, 2.24) is 5.32 Å². The van der Waals surface area contributed by atoms with Crippen molar-refractivity contribution in [3.05, 3.63) is 55.7 Å². The largest absolute Gasteiger partial charge is 0.306 e. The lowest BCUT2D eigenvalue weighted by Crippen LogP contribution is -2.22. The Balaban J connectivity index is 2.36. The molecule has 2 rings (SSSR count). The Labute approximate surface area is 128 Å². The topological polar surface area (TPSA) is 12.0 Å². The Morgan fingerprint density at radius 2 is 2.00 bits per heavy atom. The normalized spacial score (nSPS) is 12.6. The Kier molecular flexibility index (Phi) is 5.28. The molecule has 4 heteroatoms. The van der Waals surface area contributed by atoms with Crippen LogP contribution in [0.2, 0.25) is 10.0 Å². The van der Waals surface area contributed by atoms with Crippen LogP contribution in [0.25, 0.3) is 0 Å². The van der Waals surface area contributed by atoms with E-state index >= 15 is 0 Å². The summed E-state index contributed by atoms with van der Waals surface area (Å²) in [7, 11) is 0. The van der Waals surface area contributed by atoms with Crippen LogP contribution in [0.1, 0.15) is 34.7 Å². The summed E-state index contributed by atoms with van der Waals surface area (Å²) in [6.07, 6.45) is 1.09. The van der Waals surface area contributed by atoms with Crippen LogP contribution < -0.4 is 5.32 Å². The lowest BCUT2D eigenvalue weighted by molar-refractivity contribution is 0.606. The Bertz CT molecular complexity index is 551. The van der Waals surface area contributed by atoms with E-state index in [2.05, 4.69) is 31.3 Å². The summed E-state index contributed by atoms with van der Waals surface area (Å²) in [5.74, 6) is 0. The van der Waals surface area contributed by atoms with Gasteiger partial charge < -0.3 is 5.32 Å². The fraction of sp³-hybridized carbons (Fsp3) is 0.333. The zero-order valence-corrected chi connectivity index (χ0v) is 13.4. The molecule has 0 aliphatic carbocycles. The summed E-state index contributed by atoms with van der Waals surface area (Å²) >= 11 is 14.1. The summed E-state index contributed by atoms with van der Waals surface area (Å²) < 4.78 is 0. The van der Waals surface area contributed by atoms with Gasteiger partial charge in [-0.3, -0.25) is 0 Å². The maximum absolute atomic E-state index is 6.34. The minimum absolute atomic E-state index is 0.142. The van der Waals surface area contributed by atoms with Crippen LogP contribution in [0.3, 0.4) is 0 Å². The number of thiophene rings is 1. The lowest BCUT2D eigenvalue weighted by atomic mass is 10.1. The van der Waals surface area contributed by atoms with Crippen molar-refractivity contribution < 1.29 is 0 Å². The minimum atomic E-state index is 0.142. The van der Waals surface area contributed by atoms with E-state index in [1.54, 1.807) is 17.4 Å². The highest BCUT2D eigenvalue weighted by atomic mass is 35.5. The lowest BCUT2D eigenvalue weighted by Gasteiger charge is -2.19. The average molecular weight is 314 g/mol. The van der Waals surface area contributed by atoms with Gasteiger partial charge in [-0.2, -0.15) is 0 Å². The maximum Gasteiger partial charge on any atom is 0.0685 e. The third-order valence-corrected chi connectivity index (χ3v) is 4.55. The molecule has 1 heterocycles. The van der Waals surface area contributed by atoms with Gasteiger partial charge in [0.2, 0.25) is 0 Å². The first-order chi connectivity index (χ1) is 9.11. The predicted molar refractivity (Wildman–Crippen MR) is 85.7 cm³/mol. The minimum Gasteiger partial charge on any atom is -0.306 e. The highest BCUT2D eigenvalue weighted by Gasteiger charge is 2.18. The number of hydrogen-bond acceptors (Lipinski definition) is 2. The van der Waals surface area contributed by atoms with Gasteiger partial charge in [0, 0.05) is 19.8 Å². The molecule has 0 aliphatic rings. The molecule has 1 nitrogen and oxygen atoms in total. The van der Waals surface area contributed by atoms with Crippen molar-refractivity contribution >= 4 is 34.5 Å². The highest BCUT2D eigenvalue weighted by molar-refractivity contribution is 7.12. The van der Waals surface area contributed by atoms with E-state index < -0.39 is 0 Å². The molecule has 0 spiro atoms. The standard InChI is InChI=1S/C15H17Cl2NS/c1-3-8-18-15(14-7-4-10(2)19-14)12-6-5-11(16)9-13(12)17/h4-7,9,15,18H,3,8H2,1-2H3. The monoisotopic (exact) mass is 313 g/mol. The molecule has 0 saturated carbocycles. The van der Waals surface area contributed by atoms with Crippen molar-refractivity contribution in [2.75, 3.05) is 6.54 Å². The van der Waals surface area contributed by atoms with Gasteiger partial charge in [0.25, 0.3) is 0 Å². The summed E-state index contributed by atoms with van der Waals surface area (Å²) in [6.45, 7) is 5.24. The molecule has 0 aliphatic heterocycles. The number of rotatable bonds is 5. The summed E-state index contributed by atoms with van der Waals surface area (Å²) in [6, 6.07) is 10.2. The number of nitrogens with one attached hydrogen (secondary N) is 1. The zero-order chi connectivity index (χ0) is 13.8. The maximum atomic E-state index is 6.34. The van der Waals surface area contributed by atoms with E-state index in [1.807, 2.05) is 12.1 Å². The Morgan fingerprint density at radius 3 is 2.58 bits per heavy atom. The molecule has 0 radical (unpaired) electrons. The third-order valence-electron chi connectivity index (χ3n) is 2.92. The number of aryl methyl sites for hydroxylation is 1. The number of halogens is 2. The fourth-order valence-electron chi connectivity index (χ4n) is 2.00. The molecule has 0 fully saturated rings. The molecule has 1 aromatic carbocycles. The van der Waals surface area contributed by atoms with Crippen LogP contribution in [0.15, 0.2) is 30.3 Å². The van der Waals surface area contributed by atoms with Crippen molar-refractivity contribution in [2.45, 2.75) is 26.3 Å². The van der Waals surface area contributed by atoms with Gasteiger partial charge in [-0.05, 0) is 49.7 Å². The van der Waals surface area contributed by atoms with Gasteiger partial charge in [0.1, 0.15) is 0 Å². The van der Waals surface area contributed by atoms with Crippen molar-refractivity contribution in [2.24, 2.45) is 0 Å². The van der Waals surface area contributed by atoms with Gasteiger partial charge in [-0.25, -0.2) is 0 Å². The molecule has 1 N–H and O–H groups in total. The van der Waals surface area contributed by atoms with Crippen LogP contribution >= 0.6 is 34.5 Å². The molecule has 1 aromatic heterocycles. The van der Waals surface area contributed by atoms with E-state index in [-0.39, 0.29) is 6.04 Å². The molecule has 0 amide bonds. The molecule has 19 heavy (non-hydrogen) atoms. The second kappa shape index (κ2) is 6.76. The van der Waals surface area contributed by atoms with Crippen LogP contribution in [-0.2, 0) is 0 Å². The summed E-state index contributed by atoms with van der Waals surface area (Å²) in [4.78, 5) is 2.60. The van der Waals surface area contributed by atoms with E-state index in [0.717, 1.165) is 18.5 Å². The van der Waals surface area contributed by atoms with Crippen molar-refractivity contribution in [3.8, 4) is 0 Å². The first-order valence-corrected chi connectivity index (χ1v) is 7.93. The van der Waals surface area contributed by atoms with Crippen LogP contribution in [0.4, 0.5) is 0 Å². The molecular weight excluding hydrogens is 297 g/mol. The Morgan fingerprint density at radius 1 is 1.21 bits per heavy atom. The van der Waals surface area contributed by atoms with Gasteiger partial charge in [0.05, 0.1) is 6.04 Å². The second-order valence-corrected chi connectivity index (χ2v) is 6.66. The first kappa shape index (κ1) is 14.9. The number of hydrogen-bond donors (Lipinski definition) is 1. The van der Waals surface area contributed by atoms with Crippen LogP contribution in [0, 0.1) is 6.92 Å². The molecule has 0 saturated heterocycles. The molecule has 102 valence electrons. The average Bonchev–Trinajstić information content (AvgIpc) is 2.78. The number of benzene rings is 1. The highest BCUT2D eigenvalue weighted by Crippen LogP contribution is 2.33. The molecule has 0 bridgehead atoms. The van der Waals surface area contributed by atoms with E-state index in [1.165, 1.54) is 9.75 Å². The quantitative estimate of drug-likeness (QED) is 0.773. The van der Waals surface area contributed by atoms with Gasteiger partial charge in [0.15, 0.2) is 0 Å². The molecular formula is C15H17Cl2NS. The van der Waals surface area contributed by atoms with E-state index in [9.17, 15) is 0 Å². The molecule has 1 unspecified atom stereocenters. The van der Waals surface area contributed by atoms with Crippen LogP contribution in [-0.4, -0.2) is 6.54 Å². The van der Waals surface area contributed by atoms with Gasteiger partial charge in [-0.15, -0.1) is 11.3 Å². The zero-order valence-electron chi connectivity index (χ0n) is 11.0.